The lowest BCUT2D eigenvalue weighted by Gasteiger charge is -2.12. The average Bonchev–Trinajstić information content (AvgIpc) is 2.82. The number of aromatic nitrogens is 1. The van der Waals surface area contributed by atoms with Crippen molar-refractivity contribution < 1.29 is 28.5 Å². The number of hydrogen-bond acceptors (Lipinski definition) is 7. The van der Waals surface area contributed by atoms with E-state index in [2.05, 4.69) is 15.0 Å². The zero-order valence-electron chi connectivity index (χ0n) is 17.4. The number of rotatable bonds is 10. The number of esters is 1. The van der Waals surface area contributed by atoms with Crippen molar-refractivity contribution in [1.82, 2.24) is 10.3 Å². The van der Waals surface area contributed by atoms with Crippen molar-refractivity contribution in [3.63, 3.8) is 0 Å². The second-order valence-electron chi connectivity index (χ2n) is 6.52. The number of carbonyl (C=O) groups excluding carboxylic acids is 2. The fraction of sp³-hybridized carbons (Fsp3) is 0.261. The van der Waals surface area contributed by atoms with Crippen LogP contribution in [-0.2, 0) is 9.53 Å². The summed E-state index contributed by atoms with van der Waals surface area (Å²) in [6, 6.07) is 14.4. The molecular weight excluding hydrogens is 400 g/mol. The first-order valence-corrected chi connectivity index (χ1v) is 9.74. The molecule has 0 spiro atoms. The van der Waals surface area contributed by atoms with Crippen molar-refractivity contribution >= 4 is 22.8 Å². The molecule has 8 nitrogen and oxygen atoms in total. The van der Waals surface area contributed by atoms with Gasteiger partial charge < -0.3 is 24.3 Å². The highest BCUT2D eigenvalue weighted by molar-refractivity contribution is 5.94. The van der Waals surface area contributed by atoms with E-state index in [1.807, 2.05) is 30.3 Å². The number of pyridine rings is 1. The Kier molecular flexibility index (Phi) is 7.64. The lowest BCUT2D eigenvalue weighted by atomic mass is 10.2. The summed E-state index contributed by atoms with van der Waals surface area (Å²) in [6.07, 6.45) is 2.36. The Bertz CT molecular complexity index is 1050. The summed E-state index contributed by atoms with van der Waals surface area (Å²) in [5.41, 5.74) is 1.23. The molecule has 0 saturated carbocycles. The second kappa shape index (κ2) is 10.8. The zero-order valence-corrected chi connectivity index (χ0v) is 17.4. The monoisotopic (exact) mass is 424 g/mol. The van der Waals surface area contributed by atoms with Crippen molar-refractivity contribution in [3.05, 3.63) is 60.3 Å². The number of carbonyl (C=O) groups is 2. The quantitative estimate of drug-likeness (QED) is 0.395. The molecule has 1 aromatic heterocycles. The first kappa shape index (κ1) is 21.9. The number of amides is 1. The Morgan fingerprint density at radius 2 is 1.81 bits per heavy atom. The minimum atomic E-state index is -0.509. The number of ether oxygens (including phenoxy) is 4. The molecule has 0 unspecified atom stereocenters. The molecule has 3 rings (SSSR count). The molecule has 0 aliphatic carbocycles. The Morgan fingerprint density at radius 1 is 0.968 bits per heavy atom. The maximum Gasteiger partial charge on any atom is 0.343 e. The van der Waals surface area contributed by atoms with E-state index in [0.29, 0.717) is 36.6 Å². The normalized spacial score (nSPS) is 10.4. The fourth-order valence-electron chi connectivity index (χ4n) is 2.87. The molecule has 0 atom stereocenters. The highest BCUT2D eigenvalue weighted by atomic mass is 16.6. The average molecular weight is 424 g/mol. The van der Waals surface area contributed by atoms with Gasteiger partial charge in [0, 0.05) is 23.7 Å². The van der Waals surface area contributed by atoms with Crippen molar-refractivity contribution in [3.8, 4) is 17.2 Å². The van der Waals surface area contributed by atoms with E-state index in [0.717, 1.165) is 16.7 Å². The Morgan fingerprint density at radius 3 is 2.61 bits per heavy atom. The molecule has 0 aliphatic rings. The zero-order chi connectivity index (χ0) is 22.1. The van der Waals surface area contributed by atoms with Gasteiger partial charge in [-0.25, -0.2) is 4.79 Å². The molecule has 8 heteroatoms. The van der Waals surface area contributed by atoms with Gasteiger partial charge in [-0.15, -0.1) is 0 Å². The van der Waals surface area contributed by atoms with E-state index in [1.54, 1.807) is 24.4 Å². The van der Waals surface area contributed by atoms with E-state index in [-0.39, 0.29) is 12.5 Å². The van der Waals surface area contributed by atoms with Crippen LogP contribution in [0.15, 0.2) is 54.7 Å². The van der Waals surface area contributed by atoms with E-state index < -0.39 is 5.97 Å². The summed E-state index contributed by atoms with van der Waals surface area (Å²) in [4.78, 5) is 28.0. The highest BCUT2D eigenvalue weighted by Gasteiger charge is 2.12. The molecule has 0 saturated heterocycles. The lowest BCUT2D eigenvalue weighted by Crippen LogP contribution is -2.25. The van der Waals surface area contributed by atoms with Crippen LogP contribution >= 0.6 is 0 Å². The number of nitrogens with one attached hydrogen (secondary N) is 1. The molecule has 2 aromatic carbocycles. The van der Waals surface area contributed by atoms with Crippen LogP contribution in [0.3, 0.4) is 0 Å². The summed E-state index contributed by atoms with van der Waals surface area (Å²) in [5, 5.41) is 3.86. The molecule has 1 heterocycles. The molecule has 162 valence electrons. The van der Waals surface area contributed by atoms with Crippen molar-refractivity contribution in [2.75, 3.05) is 34.0 Å². The van der Waals surface area contributed by atoms with Crippen LogP contribution in [0.2, 0.25) is 0 Å². The highest BCUT2D eigenvalue weighted by Crippen LogP contribution is 2.28. The van der Waals surface area contributed by atoms with E-state index in [9.17, 15) is 9.59 Å². The predicted octanol–water partition coefficient (Wildman–Crippen LogP) is 2.99. The number of hydrogen-bond donors (Lipinski definition) is 1. The topological polar surface area (TPSA) is 96.0 Å². The Labute approximate surface area is 180 Å². The van der Waals surface area contributed by atoms with Crippen LogP contribution in [0, 0.1) is 0 Å². The number of benzene rings is 2. The number of para-hydroxylation sites is 1. The lowest BCUT2D eigenvalue weighted by molar-refractivity contribution is -0.142. The van der Waals surface area contributed by atoms with E-state index >= 15 is 0 Å². The summed E-state index contributed by atoms with van der Waals surface area (Å²) >= 11 is 0. The van der Waals surface area contributed by atoms with Gasteiger partial charge >= 0.3 is 5.97 Å². The minimum absolute atomic E-state index is 0.245. The van der Waals surface area contributed by atoms with Gasteiger partial charge in [-0.1, -0.05) is 18.2 Å². The van der Waals surface area contributed by atoms with E-state index in [1.165, 1.54) is 14.2 Å². The standard InChI is InChI=1S/C23H24N2O6/c1-28-20-14-17(9-10-18(20)31-15-21(26)29-2)23(27)25-12-5-13-30-19-8-3-6-16-7-4-11-24-22(16)19/h3-4,6-11,14H,5,12-13,15H2,1-2H3,(H,25,27). The van der Waals surface area contributed by atoms with Gasteiger partial charge in [-0.2, -0.15) is 0 Å². The third-order valence-electron chi connectivity index (χ3n) is 4.46. The van der Waals surface area contributed by atoms with Gasteiger partial charge in [-0.05, 0) is 36.8 Å². The maximum atomic E-state index is 12.4. The first-order valence-electron chi connectivity index (χ1n) is 9.74. The van der Waals surface area contributed by atoms with Crippen LogP contribution in [-0.4, -0.2) is 50.8 Å². The summed E-state index contributed by atoms with van der Waals surface area (Å²) in [6.45, 7) is 0.643. The molecule has 1 N–H and O–H groups in total. The Hall–Kier alpha value is -3.81. The second-order valence-corrected chi connectivity index (χ2v) is 6.52. The maximum absolute atomic E-state index is 12.4. The van der Waals surface area contributed by atoms with Gasteiger partial charge in [0.15, 0.2) is 18.1 Å². The third kappa shape index (κ3) is 5.85. The minimum Gasteiger partial charge on any atom is -0.493 e. The SMILES string of the molecule is COC(=O)COc1ccc(C(=O)NCCCOc2cccc3cccnc23)cc1OC. The molecule has 0 fully saturated rings. The van der Waals surface area contributed by atoms with E-state index in [4.69, 9.17) is 14.2 Å². The van der Waals surface area contributed by atoms with Gasteiger partial charge in [0.25, 0.3) is 5.91 Å². The molecule has 1 amide bonds. The molecule has 31 heavy (non-hydrogen) atoms. The van der Waals surface area contributed by atoms with Gasteiger partial charge in [0.2, 0.25) is 0 Å². The first-order chi connectivity index (χ1) is 15.1. The summed E-state index contributed by atoms with van der Waals surface area (Å²) < 4.78 is 21.0. The largest absolute Gasteiger partial charge is 0.493 e. The molecule has 0 aliphatic heterocycles. The molecular formula is C23H24N2O6. The van der Waals surface area contributed by atoms with Crippen molar-refractivity contribution in [1.29, 1.82) is 0 Å². The number of methoxy groups -OCH3 is 2. The molecule has 0 bridgehead atoms. The predicted molar refractivity (Wildman–Crippen MR) is 115 cm³/mol. The third-order valence-corrected chi connectivity index (χ3v) is 4.46. The van der Waals surface area contributed by atoms with Crippen LogP contribution in [0.5, 0.6) is 17.2 Å². The van der Waals surface area contributed by atoms with Gasteiger partial charge in [0.05, 0.1) is 20.8 Å². The fourth-order valence-corrected chi connectivity index (χ4v) is 2.87. The van der Waals surface area contributed by atoms with Crippen molar-refractivity contribution in [2.45, 2.75) is 6.42 Å². The molecule has 0 radical (unpaired) electrons. The number of fused-ring (bicyclic) bond motifs is 1. The van der Waals surface area contributed by atoms with Crippen LogP contribution in [0.4, 0.5) is 0 Å². The Balaban J connectivity index is 1.48. The summed E-state index contributed by atoms with van der Waals surface area (Å²) in [7, 11) is 2.74. The van der Waals surface area contributed by atoms with Crippen molar-refractivity contribution in [2.24, 2.45) is 0 Å². The number of nitrogens with zero attached hydrogens (tertiary/aromatic N) is 1. The summed E-state index contributed by atoms with van der Waals surface area (Å²) in [5.74, 6) is 0.664. The molecule has 3 aromatic rings. The smallest absolute Gasteiger partial charge is 0.343 e. The van der Waals surface area contributed by atoms with Crippen LogP contribution in [0.25, 0.3) is 10.9 Å². The van der Waals surface area contributed by atoms with Crippen LogP contribution in [0.1, 0.15) is 16.8 Å². The van der Waals surface area contributed by atoms with Crippen LogP contribution < -0.4 is 19.5 Å². The van der Waals surface area contributed by atoms with Gasteiger partial charge in [0.1, 0.15) is 11.3 Å². The van der Waals surface area contributed by atoms with Gasteiger partial charge in [-0.3, -0.25) is 9.78 Å².